The van der Waals surface area contributed by atoms with Crippen LogP contribution in [-0.4, -0.2) is 47.8 Å². The van der Waals surface area contributed by atoms with Crippen molar-refractivity contribution in [3.8, 4) is 5.75 Å². The van der Waals surface area contributed by atoms with E-state index in [9.17, 15) is 9.59 Å². The summed E-state index contributed by atoms with van der Waals surface area (Å²) < 4.78 is 5.70. The summed E-state index contributed by atoms with van der Waals surface area (Å²) in [7, 11) is 0. The van der Waals surface area contributed by atoms with Gasteiger partial charge in [0.05, 0.1) is 11.7 Å². The van der Waals surface area contributed by atoms with Crippen molar-refractivity contribution in [1.82, 2.24) is 0 Å². The molecule has 2 aromatic rings. The highest BCUT2D eigenvalue weighted by molar-refractivity contribution is 6.05. The third kappa shape index (κ3) is 5.09. The van der Waals surface area contributed by atoms with E-state index >= 15 is 0 Å². The lowest BCUT2D eigenvalue weighted by Crippen LogP contribution is -2.34. The molecule has 1 unspecified atom stereocenters. The zero-order valence-corrected chi connectivity index (χ0v) is 15.4. The highest BCUT2D eigenvalue weighted by Crippen LogP contribution is 2.31. The molecule has 1 amide bonds. The van der Waals surface area contributed by atoms with Gasteiger partial charge in [-0.15, -0.1) is 0 Å². The predicted molar refractivity (Wildman–Crippen MR) is 106 cm³/mol. The second kappa shape index (κ2) is 9.34. The van der Waals surface area contributed by atoms with Crippen molar-refractivity contribution in [2.24, 2.45) is 5.92 Å². The van der Waals surface area contributed by atoms with Gasteiger partial charge in [-0.2, -0.15) is 0 Å². The van der Waals surface area contributed by atoms with Gasteiger partial charge < -0.3 is 25.6 Å². The van der Waals surface area contributed by atoms with Gasteiger partial charge in [0.1, 0.15) is 18.1 Å². The molecule has 0 bridgehead atoms. The molecule has 1 heterocycles. The van der Waals surface area contributed by atoms with Gasteiger partial charge in [0.25, 0.3) is 5.91 Å². The third-order valence-corrected chi connectivity index (χ3v) is 4.58. The summed E-state index contributed by atoms with van der Waals surface area (Å²) in [5.41, 5.74) is 1.84. The highest BCUT2D eigenvalue weighted by Gasteiger charge is 2.23. The van der Waals surface area contributed by atoms with E-state index in [0.29, 0.717) is 29.3 Å². The van der Waals surface area contributed by atoms with Crippen molar-refractivity contribution in [3.05, 3.63) is 54.1 Å². The quantitative estimate of drug-likeness (QED) is 0.555. The molecule has 1 aliphatic rings. The maximum atomic E-state index is 12.5. The van der Waals surface area contributed by atoms with Crippen molar-refractivity contribution in [1.29, 1.82) is 0 Å². The summed E-state index contributed by atoms with van der Waals surface area (Å²) in [5, 5.41) is 24.3. The fourth-order valence-corrected chi connectivity index (χ4v) is 3.06. The molecule has 0 aromatic heterocycles. The number of aliphatic hydroxyl groups is 2. The Kier molecular flexibility index (Phi) is 6.62. The summed E-state index contributed by atoms with van der Waals surface area (Å²) in [6.07, 6.45) is 0.341. The molecule has 0 radical (unpaired) electrons. The standard InChI is InChI=1S/C21H24N2O5/c24-11-14(12-25)8-18(26)10-17-13-28-20-7-6-15(9-19(20)22-17)21(27)23-16-4-2-1-3-5-16/h1-7,9,14,17,22,24-25H,8,10-13H2,(H,23,27). The summed E-state index contributed by atoms with van der Waals surface area (Å²) in [6, 6.07) is 14.1. The molecule has 0 aliphatic carbocycles. The van der Waals surface area contributed by atoms with E-state index in [1.807, 2.05) is 30.3 Å². The van der Waals surface area contributed by atoms with Crippen LogP contribution in [0.25, 0.3) is 0 Å². The molecule has 28 heavy (non-hydrogen) atoms. The van der Waals surface area contributed by atoms with Crippen LogP contribution in [0.15, 0.2) is 48.5 Å². The number of aliphatic hydroxyl groups excluding tert-OH is 2. The van der Waals surface area contributed by atoms with Gasteiger partial charge in [-0.1, -0.05) is 18.2 Å². The summed E-state index contributed by atoms with van der Waals surface area (Å²) >= 11 is 0. The van der Waals surface area contributed by atoms with Crippen LogP contribution in [0.2, 0.25) is 0 Å². The van der Waals surface area contributed by atoms with Crippen molar-refractivity contribution in [2.75, 3.05) is 30.5 Å². The second-order valence-electron chi connectivity index (χ2n) is 6.86. The van der Waals surface area contributed by atoms with Crippen LogP contribution in [0.3, 0.4) is 0 Å². The number of hydrogen-bond acceptors (Lipinski definition) is 6. The summed E-state index contributed by atoms with van der Waals surface area (Å²) in [6.45, 7) is -0.115. The number of anilines is 2. The Hall–Kier alpha value is -2.90. The molecule has 7 nitrogen and oxygen atoms in total. The zero-order valence-electron chi connectivity index (χ0n) is 15.4. The molecule has 7 heteroatoms. The largest absolute Gasteiger partial charge is 0.489 e. The van der Waals surface area contributed by atoms with Gasteiger partial charge in [-0.05, 0) is 30.3 Å². The number of para-hydroxylation sites is 1. The summed E-state index contributed by atoms with van der Waals surface area (Å²) in [5.74, 6) is -0.0977. The number of hydrogen-bond donors (Lipinski definition) is 4. The van der Waals surface area contributed by atoms with Gasteiger partial charge in [0.2, 0.25) is 0 Å². The van der Waals surface area contributed by atoms with E-state index in [2.05, 4.69) is 10.6 Å². The number of rotatable bonds is 8. The zero-order chi connectivity index (χ0) is 19.9. The second-order valence-corrected chi connectivity index (χ2v) is 6.86. The first-order valence-corrected chi connectivity index (χ1v) is 9.22. The number of ether oxygens (including phenoxy) is 1. The maximum absolute atomic E-state index is 12.5. The number of ketones is 1. The molecule has 3 rings (SSSR count). The Labute approximate surface area is 163 Å². The molecule has 0 saturated heterocycles. The van der Waals surface area contributed by atoms with Crippen LogP contribution in [0.4, 0.5) is 11.4 Å². The smallest absolute Gasteiger partial charge is 0.255 e. The average Bonchev–Trinajstić information content (AvgIpc) is 2.72. The lowest BCUT2D eigenvalue weighted by Gasteiger charge is -2.27. The van der Waals surface area contributed by atoms with E-state index in [4.69, 9.17) is 14.9 Å². The van der Waals surface area contributed by atoms with Crippen molar-refractivity contribution in [3.63, 3.8) is 0 Å². The molecule has 4 N–H and O–H groups in total. The lowest BCUT2D eigenvalue weighted by molar-refractivity contribution is -0.121. The van der Waals surface area contributed by atoms with Crippen molar-refractivity contribution in [2.45, 2.75) is 18.9 Å². The SMILES string of the molecule is O=C(CC(CO)CO)CC1COc2ccc(C(=O)Nc3ccccc3)cc2N1. The first kappa shape index (κ1) is 19.9. The fourth-order valence-electron chi connectivity index (χ4n) is 3.06. The molecule has 0 spiro atoms. The number of nitrogens with one attached hydrogen (secondary N) is 2. The number of benzene rings is 2. The first-order valence-electron chi connectivity index (χ1n) is 9.22. The van der Waals surface area contributed by atoms with Gasteiger partial charge in [-0.25, -0.2) is 0 Å². The topological polar surface area (TPSA) is 108 Å². The van der Waals surface area contributed by atoms with Gasteiger partial charge in [-0.3, -0.25) is 9.59 Å². The number of carbonyl (C=O) groups is 2. The van der Waals surface area contributed by atoms with Crippen molar-refractivity contribution < 1.29 is 24.5 Å². The van der Waals surface area contributed by atoms with E-state index in [-0.39, 0.29) is 43.8 Å². The van der Waals surface area contributed by atoms with Crippen LogP contribution < -0.4 is 15.4 Å². The molecular weight excluding hydrogens is 360 g/mol. The molecular formula is C21H24N2O5. The molecule has 1 aliphatic heterocycles. The molecule has 148 valence electrons. The van der Waals surface area contributed by atoms with E-state index < -0.39 is 5.92 Å². The first-order chi connectivity index (χ1) is 13.6. The number of amides is 1. The molecule has 0 fully saturated rings. The number of carbonyl (C=O) groups excluding carboxylic acids is 2. The number of fused-ring (bicyclic) bond motifs is 1. The van der Waals surface area contributed by atoms with Crippen LogP contribution in [-0.2, 0) is 4.79 Å². The minimum Gasteiger partial charge on any atom is -0.489 e. The van der Waals surface area contributed by atoms with Crippen molar-refractivity contribution >= 4 is 23.1 Å². The Morgan fingerprint density at radius 3 is 2.61 bits per heavy atom. The van der Waals surface area contributed by atoms with Crippen LogP contribution >= 0.6 is 0 Å². The van der Waals surface area contributed by atoms with E-state index in [0.717, 1.165) is 0 Å². The normalized spacial score (nSPS) is 15.3. The summed E-state index contributed by atoms with van der Waals surface area (Å²) in [4.78, 5) is 24.6. The lowest BCUT2D eigenvalue weighted by atomic mass is 9.99. The van der Waals surface area contributed by atoms with Crippen LogP contribution in [0, 0.1) is 5.92 Å². The molecule has 0 saturated carbocycles. The van der Waals surface area contributed by atoms with Crippen LogP contribution in [0.5, 0.6) is 5.75 Å². The average molecular weight is 384 g/mol. The Morgan fingerprint density at radius 1 is 1.14 bits per heavy atom. The minimum absolute atomic E-state index is 0.0596. The van der Waals surface area contributed by atoms with E-state index in [1.54, 1.807) is 18.2 Å². The van der Waals surface area contributed by atoms with E-state index in [1.165, 1.54) is 0 Å². The monoisotopic (exact) mass is 384 g/mol. The minimum atomic E-state index is -0.433. The highest BCUT2D eigenvalue weighted by atomic mass is 16.5. The third-order valence-electron chi connectivity index (χ3n) is 4.58. The Morgan fingerprint density at radius 2 is 1.89 bits per heavy atom. The Bertz CT molecular complexity index is 821. The predicted octanol–water partition coefficient (Wildman–Crippen LogP) is 2.06. The Balaban J connectivity index is 1.63. The van der Waals surface area contributed by atoms with Gasteiger partial charge in [0, 0.05) is 43.2 Å². The number of Topliss-reactive ketones (excluding diaryl/α,β-unsaturated/α-hetero) is 1. The van der Waals surface area contributed by atoms with Gasteiger partial charge >= 0.3 is 0 Å². The van der Waals surface area contributed by atoms with Gasteiger partial charge in [0.15, 0.2) is 0 Å². The van der Waals surface area contributed by atoms with Crippen LogP contribution in [0.1, 0.15) is 23.2 Å². The fraction of sp³-hybridized carbons (Fsp3) is 0.333. The maximum Gasteiger partial charge on any atom is 0.255 e. The molecule has 2 aromatic carbocycles. The molecule has 1 atom stereocenters.